The lowest BCUT2D eigenvalue weighted by molar-refractivity contribution is 0.0788. The van der Waals surface area contributed by atoms with Gasteiger partial charge in [0.25, 0.3) is 0 Å². The summed E-state index contributed by atoms with van der Waals surface area (Å²) >= 11 is 0. The van der Waals surface area contributed by atoms with E-state index in [0.717, 1.165) is 44.7 Å². The molecule has 0 radical (unpaired) electrons. The van der Waals surface area contributed by atoms with E-state index in [9.17, 15) is 9.90 Å². The van der Waals surface area contributed by atoms with E-state index in [-0.39, 0.29) is 12.1 Å². The van der Waals surface area contributed by atoms with Crippen molar-refractivity contribution in [2.75, 3.05) is 13.1 Å². The number of carbonyl (C=O) groups is 1. The Hall–Kier alpha value is -0.770. The van der Waals surface area contributed by atoms with Crippen molar-refractivity contribution in [2.24, 2.45) is 11.8 Å². The predicted molar refractivity (Wildman–Crippen MR) is 85.2 cm³/mol. The predicted octanol–water partition coefficient (Wildman–Crippen LogP) is 3.15. The van der Waals surface area contributed by atoms with Crippen LogP contribution in [0.1, 0.15) is 65.2 Å². The molecule has 0 bridgehead atoms. The highest BCUT2D eigenvalue weighted by atomic mass is 16.3. The number of amides is 2. The highest BCUT2D eigenvalue weighted by Crippen LogP contribution is 2.28. The first kappa shape index (κ1) is 16.6. The van der Waals surface area contributed by atoms with Gasteiger partial charge >= 0.3 is 6.03 Å². The summed E-state index contributed by atoms with van der Waals surface area (Å²) in [5, 5.41) is 12.8. The first-order chi connectivity index (χ1) is 10.1. The molecule has 2 amide bonds. The first-order valence-corrected chi connectivity index (χ1v) is 8.83. The van der Waals surface area contributed by atoms with E-state index >= 15 is 0 Å². The second-order valence-electron chi connectivity index (χ2n) is 7.02. The van der Waals surface area contributed by atoms with Gasteiger partial charge in [-0.15, -0.1) is 0 Å². The van der Waals surface area contributed by atoms with Gasteiger partial charge in [-0.2, -0.15) is 0 Å². The monoisotopic (exact) mass is 296 g/mol. The van der Waals surface area contributed by atoms with Crippen molar-refractivity contribution in [3.63, 3.8) is 0 Å². The Morgan fingerprint density at radius 2 is 1.81 bits per heavy atom. The van der Waals surface area contributed by atoms with Crippen LogP contribution in [-0.4, -0.2) is 41.3 Å². The van der Waals surface area contributed by atoms with E-state index in [2.05, 4.69) is 12.2 Å². The number of piperidine rings is 1. The molecule has 21 heavy (non-hydrogen) atoms. The zero-order valence-electron chi connectivity index (χ0n) is 13.7. The van der Waals surface area contributed by atoms with E-state index in [1.807, 2.05) is 11.8 Å². The molecular formula is C17H32N2O2. The molecule has 4 heteroatoms. The topological polar surface area (TPSA) is 52.6 Å². The lowest BCUT2D eigenvalue weighted by Gasteiger charge is -2.35. The fourth-order valence-electron chi connectivity index (χ4n) is 3.85. The summed E-state index contributed by atoms with van der Waals surface area (Å²) in [6, 6.07) is 0.484. The Balaban J connectivity index is 1.68. The number of hydrogen-bond acceptors (Lipinski definition) is 2. The summed E-state index contributed by atoms with van der Waals surface area (Å²) in [5.41, 5.74) is 0. The summed E-state index contributed by atoms with van der Waals surface area (Å²) in [5.74, 6) is 1.24. The van der Waals surface area contributed by atoms with E-state index in [0.29, 0.717) is 12.0 Å². The van der Waals surface area contributed by atoms with Gasteiger partial charge in [0.1, 0.15) is 0 Å². The molecule has 0 spiro atoms. The van der Waals surface area contributed by atoms with Crippen molar-refractivity contribution < 1.29 is 9.90 Å². The molecule has 0 aromatic carbocycles. The number of aliphatic hydroxyl groups excluding tert-OH is 1. The molecule has 4 nitrogen and oxygen atoms in total. The van der Waals surface area contributed by atoms with Crippen molar-refractivity contribution in [2.45, 2.75) is 77.4 Å². The van der Waals surface area contributed by atoms with Gasteiger partial charge in [-0.1, -0.05) is 19.8 Å². The fraction of sp³-hybridized carbons (Fsp3) is 0.941. The Kier molecular flexibility index (Phi) is 6.34. The van der Waals surface area contributed by atoms with Crippen LogP contribution in [0.2, 0.25) is 0 Å². The minimum atomic E-state index is -0.246. The van der Waals surface area contributed by atoms with Gasteiger partial charge in [-0.25, -0.2) is 4.79 Å². The molecule has 2 N–H and O–H groups in total. The summed E-state index contributed by atoms with van der Waals surface area (Å²) in [7, 11) is 0. The van der Waals surface area contributed by atoms with Gasteiger partial charge in [-0.3, -0.25) is 0 Å². The van der Waals surface area contributed by atoms with Crippen LogP contribution in [-0.2, 0) is 0 Å². The molecule has 0 aromatic rings. The fourth-order valence-corrected chi connectivity index (χ4v) is 3.85. The van der Waals surface area contributed by atoms with Gasteiger partial charge in [0.2, 0.25) is 0 Å². The molecule has 122 valence electrons. The van der Waals surface area contributed by atoms with Crippen molar-refractivity contribution in [3.8, 4) is 0 Å². The molecule has 2 rings (SSSR count). The molecule has 1 saturated heterocycles. The summed E-state index contributed by atoms with van der Waals surface area (Å²) in [6.07, 6.45) is 9.03. The lowest BCUT2D eigenvalue weighted by Crippen LogP contribution is -2.49. The van der Waals surface area contributed by atoms with E-state index in [4.69, 9.17) is 0 Å². The molecule has 1 unspecified atom stereocenters. The highest BCUT2D eigenvalue weighted by molar-refractivity contribution is 5.74. The van der Waals surface area contributed by atoms with Crippen LogP contribution >= 0.6 is 0 Å². The third-order valence-electron chi connectivity index (χ3n) is 5.38. The average molecular weight is 296 g/mol. The van der Waals surface area contributed by atoms with Crippen LogP contribution in [0.5, 0.6) is 0 Å². The maximum atomic E-state index is 12.3. The van der Waals surface area contributed by atoms with Crippen LogP contribution in [0, 0.1) is 11.8 Å². The average Bonchev–Trinajstić information content (AvgIpc) is 2.49. The van der Waals surface area contributed by atoms with Gasteiger partial charge < -0.3 is 15.3 Å². The molecular weight excluding hydrogens is 264 g/mol. The smallest absolute Gasteiger partial charge is 0.317 e. The molecule has 0 aromatic heterocycles. The molecule has 1 atom stereocenters. The number of rotatable bonds is 4. The quantitative estimate of drug-likeness (QED) is 0.837. The Bertz CT molecular complexity index is 317. The number of aliphatic hydroxyl groups is 1. The summed E-state index contributed by atoms with van der Waals surface area (Å²) in [6.45, 7) is 5.68. The molecule has 1 heterocycles. The highest BCUT2D eigenvalue weighted by Gasteiger charge is 2.27. The van der Waals surface area contributed by atoms with Crippen molar-refractivity contribution >= 4 is 6.03 Å². The third-order valence-corrected chi connectivity index (χ3v) is 5.38. The molecule has 1 saturated carbocycles. The van der Waals surface area contributed by atoms with Crippen LogP contribution in [0.25, 0.3) is 0 Å². The summed E-state index contributed by atoms with van der Waals surface area (Å²) in [4.78, 5) is 14.2. The zero-order chi connectivity index (χ0) is 15.2. The zero-order valence-corrected chi connectivity index (χ0v) is 13.7. The maximum Gasteiger partial charge on any atom is 0.317 e. The number of nitrogens with one attached hydrogen (secondary N) is 1. The molecule has 2 aliphatic rings. The normalized spacial score (nSPS) is 29.2. The van der Waals surface area contributed by atoms with E-state index in [1.54, 1.807) is 0 Å². The van der Waals surface area contributed by atoms with Crippen molar-refractivity contribution in [1.82, 2.24) is 10.2 Å². The Morgan fingerprint density at radius 1 is 1.19 bits per heavy atom. The number of hydrogen-bond donors (Lipinski definition) is 2. The summed E-state index contributed by atoms with van der Waals surface area (Å²) < 4.78 is 0. The maximum absolute atomic E-state index is 12.3. The van der Waals surface area contributed by atoms with Crippen LogP contribution < -0.4 is 5.32 Å². The van der Waals surface area contributed by atoms with Crippen LogP contribution in [0.3, 0.4) is 0 Å². The molecule has 2 fully saturated rings. The number of carbonyl (C=O) groups excluding carboxylic acids is 1. The van der Waals surface area contributed by atoms with Crippen molar-refractivity contribution in [3.05, 3.63) is 0 Å². The van der Waals surface area contributed by atoms with Gasteiger partial charge in [0, 0.05) is 19.1 Å². The van der Waals surface area contributed by atoms with E-state index in [1.165, 1.54) is 25.7 Å². The van der Waals surface area contributed by atoms with Gasteiger partial charge in [-0.05, 0) is 57.3 Å². The lowest BCUT2D eigenvalue weighted by atomic mass is 9.83. The largest absolute Gasteiger partial charge is 0.393 e. The van der Waals surface area contributed by atoms with E-state index < -0.39 is 0 Å². The molecule has 1 aliphatic carbocycles. The standard InChI is InChI=1S/C17H32N2O2/c1-3-4-14-5-7-16(8-6-14)18-17(21)19-11-9-15(10-12-19)13(2)20/h13-16,20H,3-12H2,1-2H3,(H,18,21). The Labute approximate surface area is 129 Å². The molecule has 1 aliphatic heterocycles. The minimum Gasteiger partial charge on any atom is -0.393 e. The van der Waals surface area contributed by atoms with Crippen LogP contribution in [0.4, 0.5) is 4.79 Å². The third kappa shape index (κ3) is 4.87. The van der Waals surface area contributed by atoms with Crippen LogP contribution in [0.15, 0.2) is 0 Å². The van der Waals surface area contributed by atoms with Gasteiger partial charge in [0.05, 0.1) is 6.10 Å². The first-order valence-electron chi connectivity index (χ1n) is 8.83. The SMILES string of the molecule is CCCC1CCC(NC(=O)N2CCC(C(C)O)CC2)CC1. The Morgan fingerprint density at radius 3 is 2.33 bits per heavy atom. The van der Waals surface area contributed by atoms with Crippen molar-refractivity contribution in [1.29, 1.82) is 0 Å². The van der Waals surface area contributed by atoms with Gasteiger partial charge in [0.15, 0.2) is 0 Å². The number of nitrogens with zero attached hydrogens (tertiary/aromatic N) is 1. The minimum absolute atomic E-state index is 0.109. The number of likely N-dealkylation sites (tertiary alicyclic amines) is 1. The second-order valence-corrected chi connectivity index (χ2v) is 7.02. The number of urea groups is 1. The second kappa shape index (κ2) is 8.02.